The largest absolute Gasteiger partial charge is 0.300 e. The van der Waals surface area contributed by atoms with Crippen LogP contribution in [0.2, 0.25) is 0 Å². The van der Waals surface area contributed by atoms with Gasteiger partial charge in [0.25, 0.3) is 0 Å². The molecule has 138 valence electrons. The molecule has 4 rings (SSSR count). The third-order valence-electron chi connectivity index (χ3n) is 6.93. The Bertz CT molecular complexity index is 703. The van der Waals surface area contributed by atoms with E-state index in [1.54, 1.807) is 0 Å². The van der Waals surface area contributed by atoms with E-state index >= 15 is 0 Å². The van der Waals surface area contributed by atoms with Gasteiger partial charge in [-0.1, -0.05) is 36.4 Å². The quantitative estimate of drug-likeness (QED) is 0.820. The molecule has 1 aliphatic heterocycles. The summed E-state index contributed by atoms with van der Waals surface area (Å²) in [5.41, 5.74) is 3.42. The highest BCUT2D eigenvalue weighted by Crippen LogP contribution is 2.51. The van der Waals surface area contributed by atoms with Gasteiger partial charge >= 0.3 is 0 Å². The first kappa shape index (κ1) is 17.7. The SMILES string of the molecule is CN(C)C1(c2ccccc2)CCC2(CCN(Cc3ccccn3)C2)CC1. The second-order valence-corrected chi connectivity index (χ2v) is 8.57. The predicted octanol–water partition coefficient (Wildman–Crippen LogP) is 4.30. The van der Waals surface area contributed by atoms with Crippen LogP contribution in [0.3, 0.4) is 0 Å². The molecule has 1 aromatic carbocycles. The minimum Gasteiger partial charge on any atom is -0.300 e. The van der Waals surface area contributed by atoms with Gasteiger partial charge in [0.1, 0.15) is 0 Å². The van der Waals surface area contributed by atoms with Gasteiger partial charge in [-0.25, -0.2) is 0 Å². The van der Waals surface area contributed by atoms with Crippen LogP contribution in [0.25, 0.3) is 0 Å². The summed E-state index contributed by atoms with van der Waals surface area (Å²) >= 11 is 0. The van der Waals surface area contributed by atoms with E-state index in [2.05, 4.69) is 71.3 Å². The molecule has 1 spiro atoms. The maximum atomic E-state index is 4.51. The monoisotopic (exact) mass is 349 g/mol. The molecule has 2 heterocycles. The molecule has 0 atom stereocenters. The Morgan fingerprint density at radius 1 is 0.923 bits per heavy atom. The fourth-order valence-electron chi connectivity index (χ4n) is 5.23. The van der Waals surface area contributed by atoms with Crippen LogP contribution in [0.1, 0.15) is 43.4 Å². The van der Waals surface area contributed by atoms with Gasteiger partial charge in [-0.05, 0) is 75.9 Å². The normalized spacial score (nSPS) is 29.5. The molecule has 2 aromatic rings. The maximum absolute atomic E-state index is 4.51. The van der Waals surface area contributed by atoms with Crippen molar-refractivity contribution in [3.05, 3.63) is 66.0 Å². The van der Waals surface area contributed by atoms with Crippen LogP contribution in [-0.4, -0.2) is 42.0 Å². The molecule has 2 aliphatic rings. The molecule has 0 radical (unpaired) electrons. The van der Waals surface area contributed by atoms with Crippen molar-refractivity contribution in [1.82, 2.24) is 14.8 Å². The van der Waals surface area contributed by atoms with E-state index in [0.717, 1.165) is 6.54 Å². The summed E-state index contributed by atoms with van der Waals surface area (Å²) in [7, 11) is 4.51. The third-order valence-corrected chi connectivity index (χ3v) is 6.93. The number of likely N-dealkylation sites (tertiary alicyclic amines) is 1. The molecule has 0 unspecified atom stereocenters. The summed E-state index contributed by atoms with van der Waals surface area (Å²) in [4.78, 5) is 9.60. The van der Waals surface area contributed by atoms with Crippen LogP contribution in [0.4, 0.5) is 0 Å². The van der Waals surface area contributed by atoms with Gasteiger partial charge in [-0.2, -0.15) is 0 Å². The van der Waals surface area contributed by atoms with Crippen LogP contribution < -0.4 is 0 Å². The molecule has 26 heavy (non-hydrogen) atoms. The van der Waals surface area contributed by atoms with Crippen molar-refractivity contribution < 1.29 is 0 Å². The van der Waals surface area contributed by atoms with Crippen LogP contribution in [0.15, 0.2) is 54.7 Å². The average Bonchev–Trinajstić information content (AvgIpc) is 3.06. The summed E-state index contributed by atoms with van der Waals surface area (Å²) in [6.45, 7) is 3.46. The van der Waals surface area contributed by atoms with E-state index in [-0.39, 0.29) is 5.54 Å². The fourth-order valence-corrected chi connectivity index (χ4v) is 5.23. The first-order chi connectivity index (χ1) is 12.6. The van der Waals surface area contributed by atoms with Crippen LogP contribution >= 0.6 is 0 Å². The molecule has 3 nitrogen and oxygen atoms in total. The fraction of sp³-hybridized carbons (Fsp3) is 0.522. The average molecular weight is 350 g/mol. The molecule has 1 saturated carbocycles. The highest BCUT2D eigenvalue weighted by atomic mass is 15.2. The Hall–Kier alpha value is -1.71. The maximum Gasteiger partial charge on any atom is 0.0543 e. The van der Waals surface area contributed by atoms with Gasteiger partial charge in [0.2, 0.25) is 0 Å². The standard InChI is InChI=1S/C23H31N3/c1-25(2)23(20-8-4-3-5-9-20)13-11-22(12-14-23)15-17-26(19-22)18-21-10-6-7-16-24-21/h3-10,16H,11-15,17-19H2,1-2H3. The van der Waals surface area contributed by atoms with Crippen molar-refractivity contribution in [3.8, 4) is 0 Å². The second-order valence-electron chi connectivity index (χ2n) is 8.57. The van der Waals surface area contributed by atoms with Crippen molar-refractivity contribution >= 4 is 0 Å². The Labute approximate surface area is 158 Å². The smallest absolute Gasteiger partial charge is 0.0543 e. The zero-order valence-corrected chi connectivity index (χ0v) is 16.2. The Kier molecular flexibility index (Phi) is 4.85. The lowest BCUT2D eigenvalue weighted by Crippen LogP contribution is -2.47. The van der Waals surface area contributed by atoms with Crippen molar-refractivity contribution in [3.63, 3.8) is 0 Å². The lowest BCUT2D eigenvalue weighted by atomic mass is 9.64. The third kappa shape index (κ3) is 3.30. The van der Waals surface area contributed by atoms with E-state index < -0.39 is 0 Å². The molecule has 0 N–H and O–H groups in total. The molecular formula is C23H31N3. The first-order valence-corrected chi connectivity index (χ1v) is 9.97. The number of rotatable bonds is 4. The van der Waals surface area contributed by atoms with E-state index in [4.69, 9.17) is 0 Å². The summed E-state index contributed by atoms with van der Waals surface area (Å²) in [5.74, 6) is 0. The van der Waals surface area contributed by atoms with Crippen molar-refractivity contribution in [2.75, 3.05) is 27.2 Å². The Morgan fingerprint density at radius 3 is 2.31 bits per heavy atom. The molecule has 0 amide bonds. The van der Waals surface area contributed by atoms with Gasteiger partial charge < -0.3 is 0 Å². The lowest BCUT2D eigenvalue weighted by Gasteiger charge is -2.49. The van der Waals surface area contributed by atoms with E-state index in [1.807, 2.05) is 12.3 Å². The number of pyridine rings is 1. The molecule has 1 aliphatic carbocycles. The number of hydrogen-bond donors (Lipinski definition) is 0. The lowest BCUT2D eigenvalue weighted by molar-refractivity contribution is 0.0378. The summed E-state index contributed by atoms with van der Waals surface area (Å²) in [6, 6.07) is 17.4. The number of benzene rings is 1. The van der Waals surface area contributed by atoms with Crippen molar-refractivity contribution in [2.45, 2.75) is 44.2 Å². The summed E-state index contributed by atoms with van der Waals surface area (Å²) in [6.07, 6.45) is 8.45. The van der Waals surface area contributed by atoms with Gasteiger partial charge in [0, 0.05) is 24.8 Å². The first-order valence-electron chi connectivity index (χ1n) is 9.97. The Balaban J connectivity index is 1.44. The minimum absolute atomic E-state index is 0.209. The van der Waals surface area contributed by atoms with Crippen molar-refractivity contribution in [1.29, 1.82) is 0 Å². The predicted molar refractivity (Wildman–Crippen MR) is 107 cm³/mol. The second kappa shape index (κ2) is 7.13. The molecular weight excluding hydrogens is 318 g/mol. The Morgan fingerprint density at radius 2 is 1.65 bits per heavy atom. The number of nitrogens with zero attached hydrogens (tertiary/aromatic N) is 3. The van der Waals surface area contributed by atoms with Gasteiger partial charge in [0.15, 0.2) is 0 Å². The molecule has 1 saturated heterocycles. The van der Waals surface area contributed by atoms with E-state index in [0.29, 0.717) is 5.41 Å². The van der Waals surface area contributed by atoms with Crippen molar-refractivity contribution in [2.24, 2.45) is 5.41 Å². The van der Waals surface area contributed by atoms with Crippen LogP contribution in [0, 0.1) is 5.41 Å². The van der Waals surface area contributed by atoms with Gasteiger partial charge in [0.05, 0.1) is 5.69 Å². The van der Waals surface area contributed by atoms with Gasteiger partial charge in [-0.3, -0.25) is 14.8 Å². The van der Waals surface area contributed by atoms with Crippen LogP contribution in [-0.2, 0) is 12.1 Å². The summed E-state index contributed by atoms with van der Waals surface area (Å²) < 4.78 is 0. The number of aromatic nitrogens is 1. The highest BCUT2D eigenvalue weighted by Gasteiger charge is 2.47. The minimum atomic E-state index is 0.209. The van der Waals surface area contributed by atoms with E-state index in [9.17, 15) is 0 Å². The van der Waals surface area contributed by atoms with Gasteiger partial charge in [-0.15, -0.1) is 0 Å². The topological polar surface area (TPSA) is 19.4 Å². The number of hydrogen-bond acceptors (Lipinski definition) is 3. The molecule has 0 bridgehead atoms. The molecule has 2 fully saturated rings. The zero-order chi connectivity index (χ0) is 18.0. The molecule has 3 heteroatoms. The zero-order valence-electron chi connectivity index (χ0n) is 16.2. The molecule has 1 aromatic heterocycles. The highest BCUT2D eigenvalue weighted by molar-refractivity contribution is 5.26. The van der Waals surface area contributed by atoms with E-state index in [1.165, 1.54) is 56.5 Å². The summed E-state index contributed by atoms with van der Waals surface area (Å²) in [5, 5.41) is 0. The van der Waals surface area contributed by atoms with Crippen LogP contribution in [0.5, 0.6) is 0 Å².